The van der Waals surface area contributed by atoms with Crippen molar-refractivity contribution in [3.63, 3.8) is 0 Å². The van der Waals surface area contributed by atoms with Crippen molar-refractivity contribution in [2.24, 2.45) is 0 Å². The van der Waals surface area contributed by atoms with Crippen LogP contribution in [-0.4, -0.2) is 5.11 Å². The largest absolute Gasteiger partial charge is 0.503 e. The van der Waals surface area contributed by atoms with Gasteiger partial charge >= 0.3 is 0 Å². The molecule has 2 rings (SSSR count). The van der Waals surface area contributed by atoms with Crippen molar-refractivity contribution in [3.05, 3.63) is 57.6 Å². The van der Waals surface area contributed by atoms with E-state index < -0.39 is 29.0 Å². The Morgan fingerprint density at radius 2 is 1.50 bits per heavy atom. The monoisotopic (exact) mass is 349 g/mol. The van der Waals surface area contributed by atoms with E-state index in [1.807, 2.05) is 0 Å². The number of halogens is 5. The maximum absolute atomic E-state index is 13.4. The number of hydrogen-bond acceptors (Lipinski definition) is 2. The van der Waals surface area contributed by atoms with Crippen LogP contribution in [0.5, 0.6) is 5.75 Å². The Kier molecular flexibility index (Phi) is 4.17. The minimum Gasteiger partial charge on any atom is -0.503 e. The van der Waals surface area contributed by atoms with Gasteiger partial charge in [-0.05, 0) is 39.7 Å². The summed E-state index contributed by atoms with van der Waals surface area (Å²) in [6, 6.07) is 3.70. The minimum atomic E-state index is -1.11. The Balaban J connectivity index is 2.19. The molecule has 0 aromatic heterocycles. The molecule has 2 N–H and O–H groups in total. The second-order valence-corrected chi connectivity index (χ2v) is 4.86. The van der Waals surface area contributed by atoms with Crippen LogP contribution >= 0.6 is 15.9 Å². The summed E-state index contributed by atoms with van der Waals surface area (Å²) in [6.45, 7) is -0.0941. The number of rotatable bonds is 3. The molecule has 2 nitrogen and oxygen atoms in total. The van der Waals surface area contributed by atoms with Gasteiger partial charge in [0, 0.05) is 12.6 Å². The van der Waals surface area contributed by atoms with Crippen LogP contribution in [0.4, 0.5) is 23.2 Å². The van der Waals surface area contributed by atoms with Gasteiger partial charge in [0.25, 0.3) is 0 Å². The summed E-state index contributed by atoms with van der Waals surface area (Å²) in [4.78, 5) is 0. The average Bonchev–Trinajstić information content (AvgIpc) is 2.38. The molecule has 106 valence electrons. The molecular weight excluding hydrogens is 342 g/mol. The molecule has 20 heavy (non-hydrogen) atoms. The van der Waals surface area contributed by atoms with E-state index >= 15 is 0 Å². The zero-order valence-corrected chi connectivity index (χ0v) is 11.4. The van der Waals surface area contributed by atoms with Crippen LogP contribution in [0.15, 0.2) is 28.7 Å². The maximum atomic E-state index is 13.4. The van der Waals surface area contributed by atoms with E-state index in [1.165, 1.54) is 6.07 Å². The van der Waals surface area contributed by atoms with Crippen LogP contribution < -0.4 is 5.32 Å². The third-order valence-corrected chi connectivity index (χ3v) is 3.18. The molecule has 0 spiro atoms. The standard InChI is InChI=1S/C13H8BrF4NO/c14-7-3-12(9(16)4-8(7)15)19-5-6-1-10(17)13(20)11(18)2-6/h1-4,19-20H,5H2. The number of aromatic hydroxyl groups is 1. The molecule has 0 saturated heterocycles. The van der Waals surface area contributed by atoms with Crippen LogP contribution in [0.3, 0.4) is 0 Å². The lowest BCUT2D eigenvalue weighted by Crippen LogP contribution is -2.03. The summed E-state index contributed by atoms with van der Waals surface area (Å²) < 4.78 is 52.8. The minimum absolute atomic E-state index is 0.0211. The third-order valence-electron chi connectivity index (χ3n) is 2.57. The Bertz CT molecular complexity index is 640. The first-order chi connectivity index (χ1) is 9.38. The number of phenols is 1. The van der Waals surface area contributed by atoms with Crippen molar-refractivity contribution in [3.8, 4) is 5.75 Å². The molecule has 0 radical (unpaired) electrons. The van der Waals surface area contributed by atoms with E-state index in [0.717, 1.165) is 12.1 Å². The summed E-state index contributed by atoms with van der Waals surface area (Å²) in [5.74, 6) is -4.87. The van der Waals surface area contributed by atoms with Crippen LogP contribution in [0.2, 0.25) is 0 Å². The molecule has 0 unspecified atom stereocenters. The van der Waals surface area contributed by atoms with Crippen LogP contribution in [0.25, 0.3) is 0 Å². The number of benzene rings is 2. The fraction of sp³-hybridized carbons (Fsp3) is 0.0769. The summed E-state index contributed by atoms with van der Waals surface area (Å²) in [5, 5.41) is 11.5. The van der Waals surface area contributed by atoms with Crippen molar-refractivity contribution in [2.45, 2.75) is 6.54 Å². The summed E-state index contributed by atoms with van der Waals surface area (Å²) in [7, 11) is 0. The van der Waals surface area contributed by atoms with Gasteiger partial charge in [0.15, 0.2) is 17.4 Å². The van der Waals surface area contributed by atoms with Gasteiger partial charge in [0.2, 0.25) is 0 Å². The number of phenolic OH excluding ortho intramolecular Hbond substituents is 1. The molecule has 0 amide bonds. The summed E-state index contributed by atoms with van der Waals surface area (Å²) >= 11 is 2.90. The van der Waals surface area contributed by atoms with Gasteiger partial charge in [0.05, 0.1) is 10.2 Å². The van der Waals surface area contributed by atoms with Crippen molar-refractivity contribution < 1.29 is 22.7 Å². The lowest BCUT2D eigenvalue weighted by atomic mass is 10.2. The molecule has 0 aliphatic heterocycles. The Morgan fingerprint density at radius 1 is 0.900 bits per heavy atom. The second kappa shape index (κ2) is 5.70. The van der Waals surface area contributed by atoms with E-state index in [1.54, 1.807) is 0 Å². The van der Waals surface area contributed by atoms with Crippen molar-refractivity contribution >= 4 is 21.6 Å². The van der Waals surface area contributed by atoms with E-state index in [9.17, 15) is 17.6 Å². The first-order valence-corrected chi connectivity index (χ1v) is 6.23. The SMILES string of the molecule is Oc1c(F)cc(CNc2cc(Br)c(F)cc2F)cc1F. The van der Waals surface area contributed by atoms with Gasteiger partial charge in [-0.1, -0.05) is 0 Å². The van der Waals surface area contributed by atoms with Crippen LogP contribution in [0, 0.1) is 23.3 Å². The fourth-order valence-electron chi connectivity index (χ4n) is 1.58. The van der Waals surface area contributed by atoms with Gasteiger partial charge in [-0.25, -0.2) is 17.6 Å². The zero-order chi connectivity index (χ0) is 14.9. The summed E-state index contributed by atoms with van der Waals surface area (Å²) in [6.07, 6.45) is 0. The molecule has 0 aliphatic carbocycles. The topological polar surface area (TPSA) is 32.3 Å². The Morgan fingerprint density at radius 3 is 2.10 bits per heavy atom. The Labute approximate surface area is 120 Å². The van der Waals surface area contributed by atoms with Crippen molar-refractivity contribution in [1.82, 2.24) is 0 Å². The fourth-order valence-corrected chi connectivity index (χ4v) is 1.92. The summed E-state index contributed by atoms with van der Waals surface area (Å²) in [5.41, 5.74) is 0.143. The second-order valence-electron chi connectivity index (χ2n) is 4.01. The number of anilines is 1. The van der Waals surface area contributed by atoms with Gasteiger partial charge < -0.3 is 10.4 Å². The molecule has 0 saturated carbocycles. The molecular formula is C13H8BrF4NO. The average molecular weight is 350 g/mol. The molecule has 0 atom stereocenters. The van der Waals surface area contributed by atoms with E-state index in [0.29, 0.717) is 6.07 Å². The molecule has 0 aliphatic rings. The normalized spacial score (nSPS) is 10.7. The van der Waals surface area contributed by atoms with Gasteiger partial charge in [-0.15, -0.1) is 0 Å². The quantitative estimate of drug-likeness (QED) is 0.638. The molecule has 0 heterocycles. The first-order valence-electron chi connectivity index (χ1n) is 5.44. The molecule has 2 aromatic carbocycles. The van der Waals surface area contributed by atoms with Gasteiger partial charge in [0.1, 0.15) is 11.6 Å². The van der Waals surface area contributed by atoms with Crippen LogP contribution in [0.1, 0.15) is 5.56 Å². The van der Waals surface area contributed by atoms with Crippen LogP contribution in [-0.2, 0) is 6.54 Å². The van der Waals surface area contributed by atoms with E-state index in [2.05, 4.69) is 21.2 Å². The zero-order valence-electron chi connectivity index (χ0n) is 9.85. The lowest BCUT2D eigenvalue weighted by Gasteiger charge is -2.09. The highest BCUT2D eigenvalue weighted by Crippen LogP contribution is 2.25. The molecule has 0 fully saturated rings. The molecule has 2 aromatic rings. The highest BCUT2D eigenvalue weighted by molar-refractivity contribution is 9.10. The Hall–Kier alpha value is -1.76. The highest BCUT2D eigenvalue weighted by atomic mass is 79.9. The smallest absolute Gasteiger partial charge is 0.187 e. The number of nitrogens with one attached hydrogen (secondary N) is 1. The first kappa shape index (κ1) is 14.6. The highest BCUT2D eigenvalue weighted by Gasteiger charge is 2.11. The van der Waals surface area contributed by atoms with Crippen molar-refractivity contribution in [2.75, 3.05) is 5.32 Å². The lowest BCUT2D eigenvalue weighted by molar-refractivity contribution is 0.395. The predicted molar refractivity (Wildman–Crippen MR) is 69.4 cm³/mol. The van der Waals surface area contributed by atoms with E-state index in [-0.39, 0.29) is 22.3 Å². The molecule has 7 heteroatoms. The molecule has 0 bridgehead atoms. The van der Waals surface area contributed by atoms with Gasteiger partial charge in [-0.2, -0.15) is 0 Å². The van der Waals surface area contributed by atoms with Gasteiger partial charge in [-0.3, -0.25) is 0 Å². The van der Waals surface area contributed by atoms with Crippen molar-refractivity contribution in [1.29, 1.82) is 0 Å². The predicted octanol–water partition coefficient (Wildman–Crippen LogP) is 4.32. The number of hydrogen-bond donors (Lipinski definition) is 2. The third kappa shape index (κ3) is 3.04. The maximum Gasteiger partial charge on any atom is 0.187 e. The van der Waals surface area contributed by atoms with E-state index in [4.69, 9.17) is 5.11 Å².